The number of hydrogen-bond acceptors (Lipinski definition) is 8. The number of aromatic nitrogens is 2. The molecule has 6 N–H and O–H groups in total. The summed E-state index contributed by atoms with van der Waals surface area (Å²) >= 11 is 0. The molecule has 0 amide bonds. The summed E-state index contributed by atoms with van der Waals surface area (Å²) in [5.74, 6) is 0.525. The van der Waals surface area contributed by atoms with Crippen LogP contribution in [-0.4, -0.2) is 68.1 Å². The van der Waals surface area contributed by atoms with Gasteiger partial charge in [0.2, 0.25) is 0 Å². The molecular weight excluding hydrogens is 268 g/mol. The number of β-amino-alcohol motifs (C(OH)–C–C–N with tert-alkyl or cyclic N) is 1. The van der Waals surface area contributed by atoms with E-state index in [9.17, 15) is 15.3 Å². The molecule has 1 saturated heterocycles. The van der Waals surface area contributed by atoms with Crippen LogP contribution in [0.15, 0.2) is 6.33 Å². The molecule has 1 aromatic heterocycles. The Morgan fingerprint density at radius 1 is 1.35 bits per heavy atom. The van der Waals surface area contributed by atoms with Gasteiger partial charge in [0, 0.05) is 6.54 Å². The average Bonchev–Trinajstić information content (AvgIpc) is 2.92. The Hall–Kier alpha value is -1.23. The molecule has 5 atom stereocenters. The van der Waals surface area contributed by atoms with Crippen LogP contribution in [0, 0.1) is 0 Å². The number of anilines is 1. The second-order valence-electron chi connectivity index (χ2n) is 4.94. The van der Waals surface area contributed by atoms with Gasteiger partial charge in [-0.3, -0.25) is 9.88 Å². The highest BCUT2D eigenvalue weighted by Gasteiger charge is 2.44. The molecule has 112 valence electrons. The van der Waals surface area contributed by atoms with E-state index in [-0.39, 0.29) is 6.61 Å². The molecule has 1 aromatic rings. The second-order valence-corrected chi connectivity index (χ2v) is 4.94. The summed E-state index contributed by atoms with van der Waals surface area (Å²) in [4.78, 5) is 4.13. The molecule has 9 heteroatoms. The molecule has 0 aromatic carbocycles. The number of hydrogen-bond donors (Lipinski definition) is 6. The third-order valence-electron chi connectivity index (χ3n) is 3.65. The Labute approximate surface area is 114 Å². The Morgan fingerprint density at radius 3 is 2.85 bits per heavy atom. The van der Waals surface area contributed by atoms with Crippen molar-refractivity contribution in [2.45, 2.75) is 30.6 Å². The topological polar surface area (TPSA) is 132 Å². The van der Waals surface area contributed by atoms with Crippen molar-refractivity contribution in [3.63, 3.8) is 0 Å². The molecule has 0 aliphatic carbocycles. The zero-order valence-electron chi connectivity index (χ0n) is 10.7. The molecule has 9 nitrogen and oxygen atoms in total. The SMILES string of the molecule is OCC1OC(n2cnc3c2NCNC[C@H]3O)C(O)C1O. The van der Waals surface area contributed by atoms with Crippen molar-refractivity contribution in [1.29, 1.82) is 0 Å². The molecular formula is C11H18N4O5. The number of ether oxygens (including phenoxy) is 1. The van der Waals surface area contributed by atoms with Gasteiger partial charge in [0.15, 0.2) is 6.23 Å². The first kappa shape index (κ1) is 13.7. The van der Waals surface area contributed by atoms with Gasteiger partial charge in [0.05, 0.1) is 19.6 Å². The van der Waals surface area contributed by atoms with Crippen molar-refractivity contribution in [1.82, 2.24) is 14.9 Å². The summed E-state index contributed by atoms with van der Waals surface area (Å²) in [5, 5.41) is 44.9. The molecule has 3 heterocycles. The summed E-state index contributed by atoms with van der Waals surface area (Å²) in [6.07, 6.45) is -3.39. The fraction of sp³-hybridized carbons (Fsp3) is 0.727. The number of nitrogens with one attached hydrogen (secondary N) is 2. The maximum Gasteiger partial charge on any atom is 0.165 e. The van der Waals surface area contributed by atoms with E-state index in [0.717, 1.165) is 0 Å². The lowest BCUT2D eigenvalue weighted by Crippen LogP contribution is -2.33. The number of rotatable bonds is 2. The Kier molecular flexibility index (Phi) is 3.63. The monoisotopic (exact) mass is 286 g/mol. The van der Waals surface area contributed by atoms with E-state index in [1.54, 1.807) is 0 Å². The first-order valence-electron chi connectivity index (χ1n) is 6.45. The molecule has 4 unspecified atom stereocenters. The van der Waals surface area contributed by atoms with Crippen LogP contribution in [-0.2, 0) is 4.74 Å². The first-order valence-corrected chi connectivity index (χ1v) is 6.45. The molecule has 2 aliphatic heterocycles. The average molecular weight is 286 g/mol. The van der Waals surface area contributed by atoms with Crippen LogP contribution < -0.4 is 10.6 Å². The molecule has 0 saturated carbocycles. The van der Waals surface area contributed by atoms with Crippen LogP contribution in [0.3, 0.4) is 0 Å². The minimum absolute atomic E-state index is 0.368. The van der Waals surface area contributed by atoms with Crippen molar-refractivity contribution >= 4 is 5.82 Å². The van der Waals surface area contributed by atoms with Crippen LogP contribution in [0.25, 0.3) is 0 Å². The smallest absolute Gasteiger partial charge is 0.165 e. The van der Waals surface area contributed by atoms with E-state index in [2.05, 4.69) is 15.6 Å². The van der Waals surface area contributed by atoms with Gasteiger partial charge in [-0.25, -0.2) is 4.98 Å². The fourth-order valence-corrected chi connectivity index (χ4v) is 2.56. The van der Waals surface area contributed by atoms with Gasteiger partial charge in [-0.15, -0.1) is 0 Å². The van der Waals surface area contributed by atoms with E-state index in [1.807, 2.05) is 0 Å². The van der Waals surface area contributed by atoms with E-state index in [4.69, 9.17) is 9.84 Å². The van der Waals surface area contributed by atoms with Crippen molar-refractivity contribution < 1.29 is 25.2 Å². The first-order chi connectivity index (χ1) is 9.63. The molecule has 1 fully saturated rings. The van der Waals surface area contributed by atoms with Gasteiger partial charge < -0.3 is 30.5 Å². The highest BCUT2D eigenvalue weighted by molar-refractivity contribution is 5.44. The van der Waals surface area contributed by atoms with Gasteiger partial charge in [0.1, 0.15) is 35.9 Å². The van der Waals surface area contributed by atoms with Gasteiger partial charge >= 0.3 is 0 Å². The van der Waals surface area contributed by atoms with Crippen LogP contribution in [0.2, 0.25) is 0 Å². The Morgan fingerprint density at radius 2 is 2.15 bits per heavy atom. The van der Waals surface area contributed by atoms with Crippen molar-refractivity contribution in [2.75, 3.05) is 25.1 Å². The van der Waals surface area contributed by atoms with Crippen LogP contribution in [0.5, 0.6) is 0 Å². The lowest BCUT2D eigenvalue weighted by Gasteiger charge is -2.19. The minimum Gasteiger partial charge on any atom is -0.394 e. The van der Waals surface area contributed by atoms with E-state index in [1.165, 1.54) is 10.9 Å². The summed E-state index contributed by atoms with van der Waals surface area (Å²) in [6, 6.07) is 0. The number of fused-ring (bicyclic) bond motifs is 1. The van der Waals surface area contributed by atoms with Gasteiger partial charge in [-0.05, 0) is 0 Å². The lowest BCUT2D eigenvalue weighted by molar-refractivity contribution is -0.0519. The van der Waals surface area contributed by atoms with Gasteiger partial charge in [0.25, 0.3) is 0 Å². The van der Waals surface area contributed by atoms with E-state index < -0.39 is 30.6 Å². The number of aliphatic hydroxyl groups excluding tert-OH is 4. The maximum atomic E-state index is 10.0. The van der Waals surface area contributed by atoms with Gasteiger partial charge in [-0.1, -0.05) is 0 Å². The van der Waals surface area contributed by atoms with Gasteiger partial charge in [-0.2, -0.15) is 0 Å². The summed E-state index contributed by atoms with van der Waals surface area (Å²) in [5.41, 5.74) is 0.452. The number of imidazole rings is 1. The molecule has 20 heavy (non-hydrogen) atoms. The minimum atomic E-state index is -1.18. The highest BCUT2D eigenvalue weighted by Crippen LogP contribution is 2.34. The summed E-state index contributed by atoms with van der Waals surface area (Å²) in [6.45, 7) is 0.417. The summed E-state index contributed by atoms with van der Waals surface area (Å²) in [7, 11) is 0. The zero-order valence-corrected chi connectivity index (χ0v) is 10.7. The Bertz CT molecular complexity index is 481. The largest absolute Gasteiger partial charge is 0.394 e. The van der Waals surface area contributed by atoms with Crippen molar-refractivity contribution in [3.8, 4) is 0 Å². The van der Waals surface area contributed by atoms with Crippen LogP contribution in [0.1, 0.15) is 18.0 Å². The quantitative estimate of drug-likeness (QED) is 0.352. The molecule has 0 bridgehead atoms. The predicted molar refractivity (Wildman–Crippen MR) is 66.7 cm³/mol. The third kappa shape index (κ3) is 2.08. The van der Waals surface area contributed by atoms with Crippen LogP contribution in [0.4, 0.5) is 5.82 Å². The predicted octanol–water partition coefficient (Wildman–Crippen LogP) is -2.50. The third-order valence-corrected chi connectivity index (χ3v) is 3.65. The zero-order chi connectivity index (χ0) is 14.3. The fourth-order valence-electron chi connectivity index (χ4n) is 2.56. The maximum absolute atomic E-state index is 10.0. The molecule has 0 radical (unpaired) electrons. The van der Waals surface area contributed by atoms with E-state index in [0.29, 0.717) is 24.7 Å². The van der Waals surface area contributed by atoms with Crippen molar-refractivity contribution in [3.05, 3.63) is 12.0 Å². The molecule has 2 aliphatic rings. The standard InChI is InChI=1S/C11H18N4O5/c16-2-6-8(18)9(19)11(20-6)15-4-14-7-5(17)1-12-3-13-10(7)15/h4-6,8-9,11-13,16-19H,1-3H2/t5-,6?,8?,9?,11?/m1/s1. The summed E-state index contributed by atoms with van der Waals surface area (Å²) < 4.78 is 6.98. The highest BCUT2D eigenvalue weighted by atomic mass is 16.6. The van der Waals surface area contributed by atoms with E-state index >= 15 is 0 Å². The number of nitrogens with zero attached hydrogens (tertiary/aromatic N) is 2. The molecule has 3 rings (SSSR count). The Balaban J connectivity index is 1.92. The second kappa shape index (κ2) is 5.28. The van der Waals surface area contributed by atoms with Crippen LogP contribution >= 0.6 is 0 Å². The normalized spacial score (nSPS) is 37.3. The van der Waals surface area contributed by atoms with Crippen molar-refractivity contribution in [2.24, 2.45) is 0 Å². The number of aliphatic hydroxyl groups is 4. The molecule has 0 spiro atoms. The lowest BCUT2D eigenvalue weighted by atomic mass is 10.1.